The van der Waals surface area contributed by atoms with Crippen molar-refractivity contribution in [2.24, 2.45) is 0 Å². The van der Waals surface area contributed by atoms with Crippen LogP contribution in [-0.4, -0.2) is 38.4 Å². The number of amides is 1. The van der Waals surface area contributed by atoms with Gasteiger partial charge in [0.1, 0.15) is 5.75 Å². The smallest absolute Gasteiger partial charge is 0.270 e. The molecule has 1 amide bonds. The average Bonchev–Trinajstić information content (AvgIpc) is 2.67. The number of nitrogens with zero attached hydrogens (tertiary/aromatic N) is 1. The predicted molar refractivity (Wildman–Crippen MR) is 103 cm³/mol. The molecule has 0 heterocycles. The van der Waals surface area contributed by atoms with E-state index in [0.717, 1.165) is 6.07 Å². The number of para-hydroxylation sites is 1. The van der Waals surface area contributed by atoms with Crippen LogP contribution in [0.4, 0.5) is 5.69 Å². The first kappa shape index (κ1) is 21.6. The number of sulfonamides is 1. The third kappa shape index (κ3) is 5.91. The number of benzene rings is 2. The summed E-state index contributed by atoms with van der Waals surface area (Å²) in [7, 11) is -3.94. The van der Waals surface area contributed by atoms with Crippen LogP contribution >= 0.6 is 11.6 Å². The number of nitro groups is 1. The van der Waals surface area contributed by atoms with E-state index in [9.17, 15) is 23.3 Å². The molecule has 150 valence electrons. The van der Waals surface area contributed by atoms with Crippen LogP contribution in [0.1, 0.15) is 6.92 Å². The van der Waals surface area contributed by atoms with Crippen molar-refractivity contribution in [1.82, 2.24) is 10.0 Å². The van der Waals surface area contributed by atoms with E-state index in [-0.39, 0.29) is 23.7 Å². The van der Waals surface area contributed by atoms with Gasteiger partial charge in [0.15, 0.2) is 6.10 Å². The van der Waals surface area contributed by atoms with Crippen LogP contribution in [0, 0.1) is 10.1 Å². The minimum Gasteiger partial charge on any atom is -0.479 e. The second-order valence-corrected chi connectivity index (χ2v) is 7.81. The average molecular weight is 428 g/mol. The second-order valence-electron chi connectivity index (χ2n) is 5.63. The van der Waals surface area contributed by atoms with Gasteiger partial charge in [-0.25, -0.2) is 13.1 Å². The fourth-order valence-electron chi connectivity index (χ4n) is 2.15. The lowest BCUT2D eigenvalue weighted by Gasteiger charge is -2.15. The Labute approximate surface area is 166 Å². The quantitative estimate of drug-likeness (QED) is 0.358. The van der Waals surface area contributed by atoms with Gasteiger partial charge in [-0.15, -0.1) is 0 Å². The molecule has 0 spiro atoms. The molecule has 2 aromatic rings. The Kier molecular flexibility index (Phi) is 7.32. The summed E-state index contributed by atoms with van der Waals surface area (Å²) in [6.45, 7) is 1.44. The third-order valence-electron chi connectivity index (χ3n) is 3.56. The summed E-state index contributed by atoms with van der Waals surface area (Å²) < 4.78 is 32.1. The molecule has 1 atom stereocenters. The topological polar surface area (TPSA) is 128 Å². The standard InChI is InChI=1S/C17H18ClN3O6S/c1-12(27-16-8-3-2-7-15(16)18)17(22)19-9-10-20-28(25,26)14-6-4-5-13(11-14)21(23)24/h2-8,11-12,20H,9-10H2,1H3,(H,19,22). The van der Waals surface area contributed by atoms with Gasteiger partial charge in [0.2, 0.25) is 10.0 Å². The van der Waals surface area contributed by atoms with Crippen LogP contribution in [0.15, 0.2) is 53.4 Å². The highest BCUT2D eigenvalue weighted by Gasteiger charge is 2.18. The first-order valence-electron chi connectivity index (χ1n) is 8.14. The minimum absolute atomic E-state index is 0.00319. The molecule has 0 saturated carbocycles. The maximum absolute atomic E-state index is 12.2. The number of hydrogen-bond acceptors (Lipinski definition) is 6. The van der Waals surface area contributed by atoms with Gasteiger partial charge in [0.25, 0.3) is 11.6 Å². The normalized spacial score (nSPS) is 12.2. The van der Waals surface area contributed by atoms with Crippen molar-refractivity contribution in [2.75, 3.05) is 13.1 Å². The minimum atomic E-state index is -3.94. The number of hydrogen-bond donors (Lipinski definition) is 2. The highest BCUT2D eigenvalue weighted by atomic mass is 35.5. The van der Waals surface area contributed by atoms with Crippen molar-refractivity contribution in [3.63, 3.8) is 0 Å². The zero-order chi connectivity index (χ0) is 20.7. The van der Waals surface area contributed by atoms with Crippen molar-refractivity contribution in [2.45, 2.75) is 17.9 Å². The van der Waals surface area contributed by atoms with Crippen LogP contribution in [-0.2, 0) is 14.8 Å². The lowest BCUT2D eigenvalue weighted by molar-refractivity contribution is -0.385. The molecule has 0 aromatic heterocycles. The number of carbonyl (C=O) groups is 1. The summed E-state index contributed by atoms with van der Waals surface area (Å²) >= 11 is 5.96. The number of halogens is 1. The molecule has 11 heteroatoms. The Hall–Kier alpha value is -2.69. The molecule has 0 fully saturated rings. The van der Waals surface area contributed by atoms with E-state index in [2.05, 4.69) is 10.0 Å². The Morgan fingerprint density at radius 3 is 2.61 bits per heavy atom. The molecule has 0 saturated heterocycles. The number of nitro benzene ring substituents is 1. The molecule has 0 aliphatic rings. The molecule has 2 rings (SSSR count). The number of carbonyl (C=O) groups excluding carboxylic acids is 1. The van der Waals surface area contributed by atoms with Crippen molar-refractivity contribution in [1.29, 1.82) is 0 Å². The summed E-state index contributed by atoms with van der Waals surface area (Å²) in [5.74, 6) is -0.0901. The van der Waals surface area contributed by atoms with Gasteiger partial charge >= 0.3 is 0 Å². The molecule has 28 heavy (non-hydrogen) atoms. The van der Waals surface area contributed by atoms with Gasteiger partial charge in [0, 0.05) is 25.2 Å². The zero-order valence-corrected chi connectivity index (χ0v) is 16.4. The van der Waals surface area contributed by atoms with Crippen LogP contribution in [0.2, 0.25) is 5.02 Å². The Morgan fingerprint density at radius 1 is 1.21 bits per heavy atom. The summed E-state index contributed by atoms with van der Waals surface area (Å²) in [4.78, 5) is 21.9. The van der Waals surface area contributed by atoms with E-state index in [1.807, 2.05) is 0 Å². The van der Waals surface area contributed by atoms with Gasteiger partial charge in [-0.3, -0.25) is 14.9 Å². The van der Waals surface area contributed by atoms with Crippen LogP contribution < -0.4 is 14.8 Å². The number of nitrogens with one attached hydrogen (secondary N) is 2. The largest absolute Gasteiger partial charge is 0.479 e. The monoisotopic (exact) mass is 427 g/mol. The van der Waals surface area contributed by atoms with Gasteiger partial charge < -0.3 is 10.1 Å². The maximum Gasteiger partial charge on any atom is 0.270 e. The molecule has 0 bridgehead atoms. The summed E-state index contributed by atoms with van der Waals surface area (Å²) in [6, 6.07) is 11.4. The van der Waals surface area contributed by atoms with Crippen LogP contribution in [0.25, 0.3) is 0 Å². The number of rotatable bonds is 9. The Morgan fingerprint density at radius 2 is 1.93 bits per heavy atom. The van der Waals surface area contributed by atoms with E-state index in [1.165, 1.54) is 25.1 Å². The maximum atomic E-state index is 12.2. The fourth-order valence-corrected chi connectivity index (χ4v) is 3.40. The van der Waals surface area contributed by atoms with Gasteiger partial charge in [-0.05, 0) is 25.1 Å². The lowest BCUT2D eigenvalue weighted by atomic mass is 10.3. The van der Waals surface area contributed by atoms with Gasteiger partial charge in [0.05, 0.1) is 14.8 Å². The van der Waals surface area contributed by atoms with Crippen molar-refractivity contribution in [3.05, 3.63) is 63.7 Å². The lowest BCUT2D eigenvalue weighted by Crippen LogP contribution is -2.40. The van der Waals surface area contributed by atoms with E-state index in [4.69, 9.17) is 16.3 Å². The second kappa shape index (κ2) is 9.49. The Balaban J connectivity index is 1.84. The molecular formula is C17H18ClN3O6S. The molecule has 0 aliphatic heterocycles. The van der Waals surface area contributed by atoms with E-state index in [1.54, 1.807) is 24.3 Å². The molecule has 0 aliphatic carbocycles. The molecule has 2 aromatic carbocycles. The highest BCUT2D eigenvalue weighted by molar-refractivity contribution is 7.89. The summed E-state index contributed by atoms with van der Waals surface area (Å²) in [5.41, 5.74) is -0.332. The van der Waals surface area contributed by atoms with Crippen molar-refractivity contribution < 1.29 is 22.9 Å². The zero-order valence-electron chi connectivity index (χ0n) is 14.8. The van der Waals surface area contributed by atoms with Crippen molar-refractivity contribution in [3.8, 4) is 5.75 Å². The molecular weight excluding hydrogens is 410 g/mol. The fraction of sp³-hybridized carbons (Fsp3) is 0.235. The van der Waals surface area contributed by atoms with E-state index >= 15 is 0 Å². The number of non-ortho nitro benzene ring substituents is 1. The first-order chi connectivity index (χ1) is 13.2. The summed E-state index contributed by atoms with van der Waals surface area (Å²) in [5, 5.41) is 13.7. The van der Waals surface area contributed by atoms with Crippen LogP contribution in [0.5, 0.6) is 5.75 Å². The Bertz CT molecular complexity index is 967. The molecule has 9 nitrogen and oxygen atoms in total. The third-order valence-corrected chi connectivity index (χ3v) is 5.34. The SMILES string of the molecule is CC(Oc1ccccc1Cl)C(=O)NCCNS(=O)(=O)c1cccc([N+](=O)[O-])c1. The van der Waals surface area contributed by atoms with Crippen LogP contribution in [0.3, 0.4) is 0 Å². The van der Waals surface area contributed by atoms with Gasteiger partial charge in [-0.2, -0.15) is 0 Å². The molecule has 0 radical (unpaired) electrons. The molecule has 1 unspecified atom stereocenters. The number of ether oxygens (including phenoxy) is 1. The summed E-state index contributed by atoms with van der Waals surface area (Å²) in [6.07, 6.45) is -0.840. The molecule has 2 N–H and O–H groups in total. The first-order valence-corrected chi connectivity index (χ1v) is 10.00. The van der Waals surface area contributed by atoms with Crippen molar-refractivity contribution >= 4 is 33.2 Å². The van der Waals surface area contributed by atoms with E-state index in [0.29, 0.717) is 10.8 Å². The van der Waals surface area contributed by atoms with E-state index < -0.39 is 27.0 Å². The predicted octanol–water partition coefficient (Wildman–Crippen LogP) is 2.11. The highest BCUT2D eigenvalue weighted by Crippen LogP contribution is 2.24. The van der Waals surface area contributed by atoms with Gasteiger partial charge in [-0.1, -0.05) is 29.8 Å².